The van der Waals surface area contributed by atoms with Crippen LogP contribution in [0.2, 0.25) is 0 Å². The smallest absolute Gasteiger partial charge is 0.119 e. The molecular weight excluding hydrogens is 246 g/mol. The largest absolute Gasteiger partial charge is 0.490 e. The molecule has 4 unspecified atom stereocenters. The van der Waals surface area contributed by atoms with Gasteiger partial charge in [-0.15, -0.1) is 0 Å². The van der Waals surface area contributed by atoms with E-state index in [0.29, 0.717) is 18.1 Å². The predicted molar refractivity (Wildman–Crippen MR) is 85.4 cm³/mol. The molecule has 1 aliphatic rings. The van der Waals surface area contributed by atoms with Gasteiger partial charge in [-0.25, -0.2) is 0 Å². The van der Waals surface area contributed by atoms with Gasteiger partial charge < -0.3 is 10.1 Å². The van der Waals surface area contributed by atoms with Gasteiger partial charge >= 0.3 is 0 Å². The van der Waals surface area contributed by atoms with Gasteiger partial charge in [0.15, 0.2) is 0 Å². The van der Waals surface area contributed by atoms with Crippen LogP contribution in [0.25, 0.3) is 0 Å². The van der Waals surface area contributed by atoms with Gasteiger partial charge in [0.25, 0.3) is 0 Å². The molecule has 0 bridgehead atoms. The van der Waals surface area contributed by atoms with Gasteiger partial charge in [0.1, 0.15) is 11.9 Å². The zero-order chi connectivity index (χ0) is 14.8. The molecule has 0 radical (unpaired) electrons. The van der Waals surface area contributed by atoms with Gasteiger partial charge in [-0.05, 0) is 43.5 Å². The van der Waals surface area contributed by atoms with E-state index in [1.807, 2.05) is 0 Å². The van der Waals surface area contributed by atoms with Gasteiger partial charge in [0.05, 0.1) is 0 Å². The molecule has 1 aromatic carbocycles. The maximum Gasteiger partial charge on any atom is 0.119 e. The van der Waals surface area contributed by atoms with Crippen LogP contribution in [0.15, 0.2) is 24.3 Å². The number of hydrogen-bond donors (Lipinski definition) is 1. The first kappa shape index (κ1) is 15.4. The van der Waals surface area contributed by atoms with Crippen molar-refractivity contribution in [1.82, 2.24) is 5.32 Å². The van der Waals surface area contributed by atoms with E-state index in [-0.39, 0.29) is 5.41 Å². The van der Waals surface area contributed by atoms with Crippen LogP contribution in [0, 0.1) is 5.41 Å². The zero-order valence-electron chi connectivity index (χ0n) is 13.6. The first-order chi connectivity index (χ1) is 9.55. The van der Waals surface area contributed by atoms with Crippen LogP contribution >= 0.6 is 0 Å². The van der Waals surface area contributed by atoms with E-state index in [1.54, 1.807) is 0 Å². The number of rotatable bonds is 6. The Morgan fingerprint density at radius 1 is 1.30 bits per heavy atom. The van der Waals surface area contributed by atoms with Gasteiger partial charge in [-0.3, -0.25) is 0 Å². The van der Waals surface area contributed by atoms with Gasteiger partial charge in [0.2, 0.25) is 0 Å². The predicted octanol–water partition coefficient (Wildman–Crippen LogP) is 4.36. The Morgan fingerprint density at radius 3 is 2.45 bits per heavy atom. The fraction of sp³-hybridized carbons (Fsp3) is 0.667. The third-order valence-electron chi connectivity index (χ3n) is 5.43. The average molecular weight is 275 g/mol. The summed E-state index contributed by atoms with van der Waals surface area (Å²) in [4.78, 5) is 0. The van der Waals surface area contributed by atoms with Crippen molar-refractivity contribution in [3.8, 4) is 5.75 Å². The molecule has 4 atom stereocenters. The second-order valence-corrected chi connectivity index (χ2v) is 6.42. The van der Waals surface area contributed by atoms with Crippen molar-refractivity contribution >= 4 is 0 Å². The number of ether oxygens (including phenoxy) is 1. The average Bonchev–Trinajstić information content (AvgIpc) is 2.49. The lowest BCUT2D eigenvalue weighted by Crippen LogP contribution is -2.62. The van der Waals surface area contributed by atoms with E-state index >= 15 is 0 Å². The van der Waals surface area contributed by atoms with E-state index in [4.69, 9.17) is 4.74 Å². The van der Waals surface area contributed by atoms with Crippen molar-refractivity contribution in [2.24, 2.45) is 5.41 Å². The van der Waals surface area contributed by atoms with Gasteiger partial charge in [-0.2, -0.15) is 0 Å². The molecule has 1 aromatic rings. The van der Waals surface area contributed by atoms with Crippen molar-refractivity contribution in [2.75, 3.05) is 7.05 Å². The highest BCUT2D eigenvalue weighted by atomic mass is 16.5. The highest BCUT2D eigenvalue weighted by molar-refractivity contribution is 5.30. The molecule has 0 spiro atoms. The van der Waals surface area contributed by atoms with Crippen LogP contribution in [-0.2, 0) is 0 Å². The highest BCUT2D eigenvalue weighted by Crippen LogP contribution is 2.45. The molecule has 1 aliphatic carbocycles. The molecule has 112 valence electrons. The second kappa shape index (κ2) is 6.17. The van der Waals surface area contributed by atoms with Crippen molar-refractivity contribution in [3.63, 3.8) is 0 Å². The Hall–Kier alpha value is -1.02. The summed E-state index contributed by atoms with van der Waals surface area (Å²) in [5.41, 5.74) is 1.66. The van der Waals surface area contributed by atoms with Crippen LogP contribution in [0.4, 0.5) is 0 Å². The summed E-state index contributed by atoms with van der Waals surface area (Å²) in [5, 5.41) is 3.41. The van der Waals surface area contributed by atoms with Crippen LogP contribution in [0.1, 0.15) is 58.4 Å². The molecule has 2 heteroatoms. The van der Waals surface area contributed by atoms with Gasteiger partial charge in [-0.1, -0.05) is 39.8 Å². The van der Waals surface area contributed by atoms with Crippen LogP contribution in [0.5, 0.6) is 5.75 Å². The summed E-state index contributed by atoms with van der Waals surface area (Å²) in [6.45, 7) is 9.09. The minimum absolute atomic E-state index is 0.254. The summed E-state index contributed by atoms with van der Waals surface area (Å²) in [6.07, 6.45) is 3.77. The maximum absolute atomic E-state index is 6.22. The fourth-order valence-corrected chi connectivity index (χ4v) is 3.20. The molecule has 1 fully saturated rings. The summed E-state index contributed by atoms with van der Waals surface area (Å²) >= 11 is 0. The van der Waals surface area contributed by atoms with E-state index in [2.05, 4.69) is 64.3 Å². The zero-order valence-corrected chi connectivity index (χ0v) is 13.6. The molecule has 0 aromatic heterocycles. The molecule has 0 heterocycles. The highest BCUT2D eigenvalue weighted by Gasteiger charge is 2.51. The standard InChI is InChI=1S/C18H29NO/c1-6-13(3)14-8-10-15(11-9-14)20-17-12-16(19-5)18(17,4)7-2/h8-11,13,16-17,19H,6-7,12H2,1-5H3. The Kier molecular flexibility index (Phi) is 4.74. The van der Waals surface area contributed by atoms with Crippen molar-refractivity contribution in [1.29, 1.82) is 0 Å². The first-order valence-electron chi connectivity index (χ1n) is 7.99. The number of benzene rings is 1. The van der Waals surface area contributed by atoms with E-state index in [9.17, 15) is 0 Å². The first-order valence-corrected chi connectivity index (χ1v) is 7.99. The molecule has 1 N–H and O–H groups in total. The van der Waals surface area contributed by atoms with E-state index < -0.39 is 0 Å². The topological polar surface area (TPSA) is 21.3 Å². The SMILES string of the molecule is CCC(C)c1ccc(OC2CC(NC)C2(C)CC)cc1. The minimum atomic E-state index is 0.254. The summed E-state index contributed by atoms with van der Waals surface area (Å²) in [7, 11) is 2.05. The summed E-state index contributed by atoms with van der Waals surface area (Å²) in [6, 6.07) is 9.26. The lowest BCUT2D eigenvalue weighted by Gasteiger charge is -2.53. The molecule has 0 amide bonds. The molecule has 2 nitrogen and oxygen atoms in total. The lowest BCUT2D eigenvalue weighted by atomic mass is 9.61. The normalized spacial score (nSPS) is 30.6. The third kappa shape index (κ3) is 2.71. The quantitative estimate of drug-likeness (QED) is 0.833. The second-order valence-electron chi connectivity index (χ2n) is 6.42. The monoisotopic (exact) mass is 275 g/mol. The summed E-state index contributed by atoms with van der Waals surface area (Å²) in [5.74, 6) is 1.64. The Bertz CT molecular complexity index is 428. The van der Waals surface area contributed by atoms with Gasteiger partial charge in [0, 0.05) is 17.9 Å². The molecule has 0 saturated heterocycles. The van der Waals surface area contributed by atoms with E-state index in [1.165, 1.54) is 12.0 Å². The van der Waals surface area contributed by atoms with E-state index in [0.717, 1.165) is 18.6 Å². The lowest BCUT2D eigenvalue weighted by molar-refractivity contribution is -0.0677. The third-order valence-corrected chi connectivity index (χ3v) is 5.43. The van der Waals surface area contributed by atoms with Crippen molar-refractivity contribution < 1.29 is 4.74 Å². The molecule has 1 saturated carbocycles. The summed E-state index contributed by atoms with van der Waals surface area (Å²) < 4.78 is 6.22. The van der Waals surface area contributed by atoms with Crippen LogP contribution < -0.4 is 10.1 Å². The van der Waals surface area contributed by atoms with Crippen LogP contribution in [0.3, 0.4) is 0 Å². The molecular formula is C18H29NO. The van der Waals surface area contributed by atoms with Crippen molar-refractivity contribution in [3.05, 3.63) is 29.8 Å². The maximum atomic E-state index is 6.22. The Balaban J connectivity index is 2.01. The Labute approximate surface area is 123 Å². The minimum Gasteiger partial charge on any atom is -0.490 e. The molecule has 0 aliphatic heterocycles. The molecule has 2 rings (SSSR count). The molecule has 20 heavy (non-hydrogen) atoms. The number of nitrogens with one attached hydrogen (secondary N) is 1. The fourth-order valence-electron chi connectivity index (χ4n) is 3.20. The van der Waals surface area contributed by atoms with Crippen LogP contribution in [-0.4, -0.2) is 19.2 Å². The number of hydrogen-bond acceptors (Lipinski definition) is 2. The van der Waals surface area contributed by atoms with Crippen molar-refractivity contribution in [2.45, 2.75) is 65.0 Å². The Morgan fingerprint density at radius 2 is 1.95 bits per heavy atom.